The number of hydrogen-bond acceptors (Lipinski definition) is 3. The van der Waals surface area contributed by atoms with Crippen LogP contribution in [0.25, 0.3) is 0 Å². The summed E-state index contributed by atoms with van der Waals surface area (Å²) in [7, 11) is -3.73. The Kier molecular flexibility index (Phi) is 3.32. The molecule has 0 aliphatic carbocycles. The molecule has 0 heterocycles. The normalized spacial score (nSPS) is 10.6. The molecule has 0 atom stereocenters. The van der Waals surface area contributed by atoms with Gasteiger partial charge in [0.1, 0.15) is 0 Å². The first-order valence-corrected chi connectivity index (χ1v) is 5.80. The number of nitrogens with two attached hydrogens (primary N) is 1. The highest BCUT2D eigenvalue weighted by molar-refractivity contribution is 7.89. The highest BCUT2D eigenvalue weighted by Crippen LogP contribution is 2.18. The third kappa shape index (κ3) is 2.82. The van der Waals surface area contributed by atoms with Crippen LogP contribution in [0.4, 0.5) is 5.69 Å². The molecule has 0 fully saturated rings. The predicted molar refractivity (Wildman–Crippen MR) is 60.0 cm³/mol. The lowest BCUT2D eigenvalue weighted by molar-refractivity contribution is -0.111. The van der Waals surface area contributed by atoms with Crippen LogP contribution in [0.2, 0.25) is 0 Å². The van der Waals surface area contributed by atoms with E-state index in [2.05, 4.69) is 5.32 Å². The zero-order valence-corrected chi connectivity index (χ0v) is 9.34. The smallest absolute Gasteiger partial charge is 0.300 e. The quantitative estimate of drug-likeness (QED) is 0.722. The lowest BCUT2D eigenvalue weighted by Crippen LogP contribution is -2.13. The molecule has 0 unspecified atom stereocenters. The SMILES string of the molecule is C#CC(=O)Nc1ccc(S(N)(=O)=O)cc1C. The van der Waals surface area contributed by atoms with Gasteiger partial charge in [-0.25, -0.2) is 13.6 Å². The Bertz CT molecular complexity index is 570. The number of primary sulfonamides is 1. The molecule has 0 bridgehead atoms. The van der Waals surface area contributed by atoms with Crippen molar-refractivity contribution in [2.45, 2.75) is 11.8 Å². The van der Waals surface area contributed by atoms with E-state index in [-0.39, 0.29) is 4.90 Å². The highest BCUT2D eigenvalue weighted by Gasteiger charge is 2.10. The predicted octanol–water partition coefficient (Wildman–Crippen LogP) is 0.214. The van der Waals surface area contributed by atoms with Gasteiger partial charge in [0.05, 0.1) is 4.90 Å². The Morgan fingerprint density at radius 3 is 2.56 bits per heavy atom. The Morgan fingerprint density at radius 1 is 1.50 bits per heavy atom. The van der Waals surface area contributed by atoms with Crippen molar-refractivity contribution in [2.75, 3.05) is 5.32 Å². The van der Waals surface area contributed by atoms with Gasteiger partial charge in [-0.05, 0) is 36.6 Å². The summed E-state index contributed by atoms with van der Waals surface area (Å²) in [6, 6.07) is 4.10. The van der Waals surface area contributed by atoms with Gasteiger partial charge in [-0.2, -0.15) is 0 Å². The average Bonchev–Trinajstić information content (AvgIpc) is 2.19. The van der Waals surface area contributed by atoms with Crippen molar-refractivity contribution in [3.8, 4) is 12.3 Å². The molecule has 0 saturated carbocycles. The van der Waals surface area contributed by atoms with E-state index in [1.807, 2.05) is 5.92 Å². The fourth-order valence-corrected chi connectivity index (χ4v) is 1.71. The van der Waals surface area contributed by atoms with Gasteiger partial charge < -0.3 is 5.32 Å². The first kappa shape index (κ1) is 12.2. The molecule has 0 aliphatic rings. The van der Waals surface area contributed by atoms with Gasteiger partial charge in [0.25, 0.3) is 5.91 Å². The van der Waals surface area contributed by atoms with Crippen LogP contribution >= 0.6 is 0 Å². The number of nitrogens with one attached hydrogen (secondary N) is 1. The van der Waals surface area contributed by atoms with Crippen molar-refractivity contribution in [3.05, 3.63) is 23.8 Å². The first-order chi connectivity index (χ1) is 7.34. The molecule has 0 aliphatic heterocycles. The Hall–Kier alpha value is -1.84. The van der Waals surface area contributed by atoms with Gasteiger partial charge in [0.2, 0.25) is 10.0 Å². The number of hydrogen-bond donors (Lipinski definition) is 2. The summed E-state index contributed by atoms with van der Waals surface area (Å²) >= 11 is 0. The molecule has 16 heavy (non-hydrogen) atoms. The number of sulfonamides is 1. The van der Waals surface area contributed by atoms with Crippen LogP contribution in [-0.2, 0) is 14.8 Å². The van der Waals surface area contributed by atoms with E-state index in [1.54, 1.807) is 6.92 Å². The number of amides is 1. The minimum Gasteiger partial charge on any atom is -0.315 e. The highest BCUT2D eigenvalue weighted by atomic mass is 32.2. The van der Waals surface area contributed by atoms with E-state index in [0.29, 0.717) is 11.3 Å². The van der Waals surface area contributed by atoms with E-state index >= 15 is 0 Å². The van der Waals surface area contributed by atoms with Gasteiger partial charge in [-0.3, -0.25) is 4.79 Å². The fourth-order valence-electron chi connectivity index (χ4n) is 1.11. The second-order valence-corrected chi connectivity index (χ2v) is 4.68. The molecule has 1 aromatic carbocycles. The van der Waals surface area contributed by atoms with Crippen molar-refractivity contribution in [3.63, 3.8) is 0 Å². The molecule has 3 N–H and O–H groups in total. The molecule has 1 amide bonds. The maximum absolute atomic E-state index is 11.0. The third-order valence-electron chi connectivity index (χ3n) is 1.91. The minimum absolute atomic E-state index is 0.0105. The summed E-state index contributed by atoms with van der Waals surface area (Å²) in [5.41, 5.74) is 1.02. The molecule has 0 spiro atoms. The summed E-state index contributed by atoms with van der Waals surface area (Å²) in [5, 5.41) is 7.38. The van der Waals surface area contributed by atoms with Crippen LogP contribution in [0.3, 0.4) is 0 Å². The zero-order valence-electron chi connectivity index (χ0n) is 8.52. The van der Waals surface area contributed by atoms with Crippen LogP contribution in [0.1, 0.15) is 5.56 Å². The standard InChI is InChI=1S/C10H10N2O3S/c1-3-10(13)12-9-5-4-8(6-7(9)2)16(11,14)15/h1,4-6H,2H3,(H,12,13)(H2,11,14,15). The van der Waals surface area contributed by atoms with Crippen molar-refractivity contribution in [1.82, 2.24) is 0 Å². The van der Waals surface area contributed by atoms with Crippen LogP contribution in [0, 0.1) is 19.3 Å². The summed E-state index contributed by atoms with van der Waals surface area (Å²) in [4.78, 5) is 10.9. The van der Waals surface area contributed by atoms with E-state index in [4.69, 9.17) is 11.6 Å². The van der Waals surface area contributed by atoms with E-state index in [0.717, 1.165) is 0 Å². The number of terminal acetylenes is 1. The maximum atomic E-state index is 11.0. The number of carbonyl (C=O) groups is 1. The second kappa shape index (κ2) is 4.35. The van der Waals surface area contributed by atoms with E-state index in [1.165, 1.54) is 18.2 Å². The molecule has 5 nitrogen and oxygen atoms in total. The molecule has 84 valence electrons. The molecule has 0 saturated heterocycles. The van der Waals surface area contributed by atoms with Gasteiger partial charge >= 0.3 is 0 Å². The van der Waals surface area contributed by atoms with Crippen molar-refractivity contribution in [2.24, 2.45) is 5.14 Å². The van der Waals surface area contributed by atoms with Gasteiger partial charge in [0, 0.05) is 5.69 Å². The van der Waals surface area contributed by atoms with E-state index in [9.17, 15) is 13.2 Å². The van der Waals surface area contributed by atoms with Crippen LogP contribution < -0.4 is 10.5 Å². The molecule has 1 rings (SSSR count). The lowest BCUT2D eigenvalue weighted by Gasteiger charge is -2.07. The molecule has 0 aromatic heterocycles. The molecule has 0 radical (unpaired) electrons. The van der Waals surface area contributed by atoms with Gasteiger partial charge in [-0.15, -0.1) is 6.42 Å². The van der Waals surface area contributed by atoms with E-state index < -0.39 is 15.9 Å². The van der Waals surface area contributed by atoms with Crippen LogP contribution in [0.15, 0.2) is 23.1 Å². The van der Waals surface area contributed by atoms with Crippen molar-refractivity contribution >= 4 is 21.6 Å². The van der Waals surface area contributed by atoms with Crippen LogP contribution in [-0.4, -0.2) is 14.3 Å². The van der Waals surface area contributed by atoms with Gasteiger partial charge in [0.15, 0.2) is 0 Å². The molecule has 1 aromatic rings. The van der Waals surface area contributed by atoms with Gasteiger partial charge in [-0.1, -0.05) is 0 Å². The monoisotopic (exact) mass is 238 g/mol. The largest absolute Gasteiger partial charge is 0.315 e. The van der Waals surface area contributed by atoms with Crippen molar-refractivity contribution < 1.29 is 13.2 Å². The summed E-state index contributed by atoms with van der Waals surface area (Å²) < 4.78 is 22.1. The Morgan fingerprint density at radius 2 is 2.12 bits per heavy atom. The zero-order chi connectivity index (χ0) is 12.3. The number of benzene rings is 1. The Balaban J connectivity index is 3.12. The average molecular weight is 238 g/mol. The number of anilines is 1. The second-order valence-electron chi connectivity index (χ2n) is 3.12. The Labute approximate surface area is 93.7 Å². The number of rotatable bonds is 2. The molecular formula is C10H10N2O3S. The third-order valence-corrected chi connectivity index (χ3v) is 2.82. The molecule has 6 heteroatoms. The minimum atomic E-state index is -3.73. The summed E-state index contributed by atoms with van der Waals surface area (Å²) in [5.74, 6) is 1.30. The number of carbonyl (C=O) groups excluding carboxylic acids is 1. The van der Waals surface area contributed by atoms with Crippen molar-refractivity contribution in [1.29, 1.82) is 0 Å². The topological polar surface area (TPSA) is 89.3 Å². The summed E-state index contributed by atoms with van der Waals surface area (Å²) in [6.07, 6.45) is 4.89. The lowest BCUT2D eigenvalue weighted by atomic mass is 10.2. The molecular weight excluding hydrogens is 228 g/mol. The maximum Gasteiger partial charge on any atom is 0.300 e. The number of aryl methyl sites for hydroxylation is 1. The first-order valence-electron chi connectivity index (χ1n) is 4.25. The van der Waals surface area contributed by atoms with Crippen LogP contribution in [0.5, 0.6) is 0 Å². The fraction of sp³-hybridized carbons (Fsp3) is 0.100. The summed E-state index contributed by atoms with van der Waals surface area (Å²) in [6.45, 7) is 1.64.